The van der Waals surface area contributed by atoms with E-state index in [4.69, 9.17) is 4.52 Å². The average Bonchev–Trinajstić information content (AvgIpc) is 3.08. The Kier molecular flexibility index (Phi) is 4.37. The highest BCUT2D eigenvalue weighted by atomic mass is 19.1. The molecular formula is C20H21FN4O2. The summed E-state index contributed by atoms with van der Waals surface area (Å²) in [4.78, 5) is 22.7. The smallest absolute Gasteiger partial charge is 0.261 e. The van der Waals surface area contributed by atoms with Gasteiger partial charge >= 0.3 is 0 Å². The van der Waals surface area contributed by atoms with Gasteiger partial charge in [0.15, 0.2) is 5.82 Å². The fourth-order valence-corrected chi connectivity index (χ4v) is 3.57. The van der Waals surface area contributed by atoms with Crippen LogP contribution in [0.1, 0.15) is 36.7 Å². The van der Waals surface area contributed by atoms with E-state index in [2.05, 4.69) is 15.1 Å². The van der Waals surface area contributed by atoms with Crippen LogP contribution in [-0.4, -0.2) is 34.0 Å². The first-order valence-electron chi connectivity index (χ1n) is 9.18. The molecule has 0 radical (unpaired) electrons. The van der Waals surface area contributed by atoms with Gasteiger partial charge in [0.25, 0.3) is 5.89 Å². The Morgan fingerprint density at radius 3 is 2.56 bits per heavy atom. The van der Waals surface area contributed by atoms with Crippen LogP contribution in [0.2, 0.25) is 0 Å². The molecule has 0 spiro atoms. The Labute approximate surface area is 156 Å². The Morgan fingerprint density at radius 1 is 1.19 bits per heavy atom. The van der Waals surface area contributed by atoms with Crippen molar-refractivity contribution in [3.8, 4) is 11.5 Å². The topological polar surface area (TPSA) is 72.1 Å². The van der Waals surface area contributed by atoms with Gasteiger partial charge in [0.1, 0.15) is 22.9 Å². The third-order valence-electron chi connectivity index (χ3n) is 5.11. The average molecular weight is 368 g/mol. The molecule has 1 saturated heterocycles. The molecule has 140 valence electrons. The molecule has 0 saturated carbocycles. The maximum absolute atomic E-state index is 14.8. The number of rotatable bonds is 3. The summed E-state index contributed by atoms with van der Waals surface area (Å²) in [5.41, 5.74) is 2.81. The zero-order chi connectivity index (χ0) is 19.1. The lowest BCUT2D eigenvalue weighted by molar-refractivity contribution is -0.119. The molecule has 0 unspecified atom stereocenters. The van der Waals surface area contributed by atoms with Crippen molar-refractivity contribution in [1.29, 1.82) is 0 Å². The van der Waals surface area contributed by atoms with Gasteiger partial charge in [-0.1, -0.05) is 12.1 Å². The minimum Gasteiger partial charge on any atom is -0.355 e. The summed E-state index contributed by atoms with van der Waals surface area (Å²) < 4.78 is 20.2. The monoisotopic (exact) mass is 368 g/mol. The van der Waals surface area contributed by atoms with Crippen molar-refractivity contribution in [1.82, 2.24) is 15.1 Å². The number of Topliss-reactive ketones (excluding diaryl/α,β-unsaturated/α-hetero) is 1. The molecule has 3 aromatic rings. The number of benzene rings is 1. The minimum atomic E-state index is -0.338. The lowest BCUT2D eigenvalue weighted by Crippen LogP contribution is -2.34. The van der Waals surface area contributed by atoms with E-state index in [9.17, 15) is 9.18 Å². The quantitative estimate of drug-likeness (QED) is 0.701. The number of ketones is 1. The van der Waals surface area contributed by atoms with Crippen LogP contribution in [0.3, 0.4) is 0 Å². The Balaban J connectivity index is 1.99. The summed E-state index contributed by atoms with van der Waals surface area (Å²) in [6.45, 7) is 6.77. The van der Waals surface area contributed by atoms with Crippen LogP contribution in [0.15, 0.2) is 16.7 Å². The zero-order valence-electron chi connectivity index (χ0n) is 15.7. The molecule has 1 aliphatic rings. The second kappa shape index (κ2) is 6.72. The molecule has 0 bridgehead atoms. The first kappa shape index (κ1) is 17.6. The molecule has 4 rings (SSSR count). The number of hydrogen-bond acceptors (Lipinski definition) is 6. The van der Waals surface area contributed by atoms with Gasteiger partial charge in [-0.25, -0.2) is 9.37 Å². The molecule has 6 nitrogen and oxygen atoms in total. The molecule has 1 aliphatic heterocycles. The fraction of sp³-hybridized carbons (Fsp3) is 0.400. The van der Waals surface area contributed by atoms with Crippen molar-refractivity contribution in [2.24, 2.45) is 0 Å². The van der Waals surface area contributed by atoms with Crippen molar-refractivity contribution < 1.29 is 13.7 Å². The second-order valence-electron chi connectivity index (χ2n) is 6.94. The predicted octanol–water partition coefficient (Wildman–Crippen LogP) is 3.77. The molecule has 0 atom stereocenters. The summed E-state index contributed by atoms with van der Waals surface area (Å²) in [7, 11) is 0. The van der Waals surface area contributed by atoms with E-state index < -0.39 is 0 Å². The van der Waals surface area contributed by atoms with Crippen molar-refractivity contribution in [3.05, 3.63) is 34.9 Å². The second-order valence-corrected chi connectivity index (χ2v) is 6.94. The third kappa shape index (κ3) is 3.07. The number of pyridine rings is 1. The highest BCUT2D eigenvalue weighted by Gasteiger charge is 2.26. The number of nitrogens with zero attached hydrogens (tertiary/aromatic N) is 4. The normalized spacial score (nSPS) is 15.0. The standard InChI is InChI=1S/C20H21FN4O2/c1-4-13-9-15-11(2)17(20-22-12(3)24-27-20)19(23-18(15)16(21)10-13)25-7-5-14(26)6-8-25/h9-10H,4-8H2,1-3H3. The largest absolute Gasteiger partial charge is 0.355 e. The highest BCUT2D eigenvalue weighted by Crippen LogP contribution is 2.37. The van der Waals surface area contributed by atoms with Gasteiger partial charge in [-0.15, -0.1) is 0 Å². The van der Waals surface area contributed by atoms with E-state index >= 15 is 0 Å². The maximum atomic E-state index is 14.8. The fourth-order valence-electron chi connectivity index (χ4n) is 3.57. The Bertz CT molecular complexity index is 1030. The van der Waals surface area contributed by atoms with Crippen LogP contribution in [0.5, 0.6) is 0 Å². The number of aryl methyl sites for hydroxylation is 3. The molecule has 7 heteroatoms. The number of hydrogen-bond donors (Lipinski definition) is 0. The Morgan fingerprint density at radius 2 is 1.93 bits per heavy atom. The summed E-state index contributed by atoms with van der Waals surface area (Å²) >= 11 is 0. The van der Waals surface area contributed by atoms with Gasteiger partial charge in [-0.2, -0.15) is 4.98 Å². The summed E-state index contributed by atoms with van der Waals surface area (Å²) in [6, 6.07) is 3.51. The molecule has 2 aromatic heterocycles. The zero-order valence-corrected chi connectivity index (χ0v) is 15.7. The number of halogens is 1. The van der Waals surface area contributed by atoms with Crippen LogP contribution in [0.4, 0.5) is 10.2 Å². The van der Waals surface area contributed by atoms with E-state index in [-0.39, 0.29) is 11.6 Å². The molecule has 0 aliphatic carbocycles. The van der Waals surface area contributed by atoms with Crippen molar-refractivity contribution in [2.75, 3.05) is 18.0 Å². The predicted molar refractivity (Wildman–Crippen MR) is 100 cm³/mol. The summed E-state index contributed by atoms with van der Waals surface area (Å²) in [5, 5.41) is 4.65. The van der Waals surface area contributed by atoms with Crippen LogP contribution >= 0.6 is 0 Å². The van der Waals surface area contributed by atoms with Gasteiger partial charge < -0.3 is 9.42 Å². The summed E-state index contributed by atoms with van der Waals surface area (Å²) in [6.07, 6.45) is 1.65. The molecule has 0 amide bonds. The molecule has 1 aromatic carbocycles. The van der Waals surface area contributed by atoms with Crippen LogP contribution in [0.25, 0.3) is 22.4 Å². The molecule has 1 fully saturated rings. The van der Waals surface area contributed by atoms with Crippen LogP contribution in [-0.2, 0) is 11.2 Å². The number of piperidine rings is 1. The lowest BCUT2D eigenvalue weighted by Gasteiger charge is -2.29. The van der Waals surface area contributed by atoms with Gasteiger partial charge in [0.05, 0.1) is 5.56 Å². The maximum Gasteiger partial charge on any atom is 0.261 e. The number of carbonyl (C=O) groups excluding carboxylic acids is 1. The highest BCUT2D eigenvalue weighted by molar-refractivity contribution is 5.93. The van der Waals surface area contributed by atoms with E-state index in [1.165, 1.54) is 6.07 Å². The first-order valence-corrected chi connectivity index (χ1v) is 9.18. The van der Waals surface area contributed by atoms with Crippen molar-refractivity contribution in [2.45, 2.75) is 40.0 Å². The lowest BCUT2D eigenvalue weighted by atomic mass is 9.99. The first-order chi connectivity index (χ1) is 13.0. The van der Waals surface area contributed by atoms with Crippen molar-refractivity contribution in [3.63, 3.8) is 0 Å². The van der Waals surface area contributed by atoms with E-state index in [1.54, 1.807) is 6.92 Å². The van der Waals surface area contributed by atoms with Crippen LogP contribution in [0, 0.1) is 19.7 Å². The van der Waals surface area contributed by atoms with Gasteiger partial charge in [-0.3, -0.25) is 4.79 Å². The SMILES string of the molecule is CCc1cc(F)c2nc(N3CCC(=O)CC3)c(-c3nc(C)no3)c(C)c2c1. The summed E-state index contributed by atoms with van der Waals surface area (Å²) in [5.74, 6) is 1.39. The number of fused-ring (bicyclic) bond motifs is 1. The van der Waals surface area contributed by atoms with Crippen molar-refractivity contribution >= 4 is 22.5 Å². The molecule has 0 N–H and O–H groups in total. The van der Waals surface area contributed by atoms with Gasteiger partial charge in [-0.05, 0) is 43.5 Å². The van der Waals surface area contributed by atoms with E-state index in [1.807, 2.05) is 24.8 Å². The number of anilines is 1. The molecule has 3 heterocycles. The third-order valence-corrected chi connectivity index (χ3v) is 5.11. The van der Waals surface area contributed by atoms with Crippen LogP contribution < -0.4 is 4.90 Å². The van der Waals surface area contributed by atoms with Gasteiger partial charge in [0, 0.05) is 31.3 Å². The van der Waals surface area contributed by atoms with E-state index in [0.717, 1.165) is 22.9 Å². The van der Waals surface area contributed by atoms with Gasteiger partial charge in [0.2, 0.25) is 0 Å². The minimum absolute atomic E-state index is 0.234. The molecule has 27 heavy (non-hydrogen) atoms. The number of carbonyl (C=O) groups is 1. The molecular weight excluding hydrogens is 347 g/mol. The Hall–Kier alpha value is -2.83. The number of aromatic nitrogens is 3. The van der Waals surface area contributed by atoms with E-state index in [0.29, 0.717) is 54.5 Å².